The van der Waals surface area contributed by atoms with Crippen LogP contribution in [0.5, 0.6) is 0 Å². The number of nitrogens with one attached hydrogen (secondary N) is 1. The number of hydrogen-bond donors (Lipinski definition) is 2. The van der Waals surface area contributed by atoms with Crippen molar-refractivity contribution in [3.63, 3.8) is 0 Å². The predicted molar refractivity (Wildman–Crippen MR) is 86.4 cm³/mol. The van der Waals surface area contributed by atoms with Crippen LogP contribution < -0.4 is 5.32 Å². The van der Waals surface area contributed by atoms with Gasteiger partial charge in [0.05, 0.1) is 24.2 Å². The standard InChI is InChI=1S/C17H15FN4O2/c1-11-7-15(21-22(11)14-4-2-3-13(18)8-14)17(24)20-16-9-19-6-5-12(16)10-23/h2-9,23H,10H2,1H3,(H,20,24). The summed E-state index contributed by atoms with van der Waals surface area (Å²) in [4.78, 5) is 16.3. The first kappa shape index (κ1) is 15.8. The number of pyridine rings is 1. The molecular weight excluding hydrogens is 311 g/mol. The summed E-state index contributed by atoms with van der Waals surface area (Å²) in [6.45, 7) is 1.56. The molecule has 0 aliphatic carbocycles. The Morgan fingerprint density at radius 2 is 2.17 bits per heavy atom. The lowest BCUT2D eigenvalue weighted by molar-refractivity contribution is 0.102. The van der Waals surface area contributed by atoms with Crippen molar-refractivity contribution >= 4 is 11.6 Å². The summed E-state index contributed by atoms with van der Waals surface area (Å²) in [6, 6.07) is 9.19. The van der Waals surface area contributed by atoms with Gasteiger partial charge in [0.15, 0.2) is 5.69 Å². The number of carbonyl (C=O) groups excluding carboxylic acids is 1. The van der Waals surface area contributed by atoms with Gasteiger partial charge >= 0.3 is 0 Å². The number of anilines is 1. The van der Waals surface area contributed by atoms with Crippen LogP contribution in [0.25, 0.3) is 5.69 Å². The van der Waals surface area contributed by atoms with Gasteiger partial charge in [-0.3, -0.25) is 9.78 Å². The highest BCUT2D eigenvalue weighted by Crippen LogP contribution is 2.17. The van der Waals surface area contributed by atoms with Crippen LogP contribution in [-0.4, -0.2) is 25.8 Å². The van der Waals surface area contributed by atoms with Gasteiger partial charge in [-0.1, -0.05) is 6.07 Å². The average Bonchev–Trinajstić information content (AvgIpc) is 2.97. The fourth-order valence-electron chi connectivity index (χ4n) is 2.31. The van der Waals surface area contributed by atoms with Gasteiger partial charge in [-0.05, 0) is 37.3 Å². The topological polar surface area (TPSA) is 80.0 Å². The number of rotatable bonds is 4. The van der Waals surface area contributed by atoms with Crippen LogP contribution in [0, 0.1) is 12.7 Å². The summed E-state index contributed by atoms with van der Waals surface area (Å²) in [5.74, 6) is -0.813. The fraction of sp³-hybridized carbons (Fsp3) is 0.118. The molecule has 3 aromatic rings. The van der Waals surface area contributed by atoms with Crippen molar-refractivity contribution in [2.24, 2.45) is 0 Å². The summed E-state index contributed by atoms with van der Waals surface area (Å²) in [7, 11) is 0. The first-order chi connectivity index (χ1) is 11.6. The summed E-state index contributed by atoms with van der Waals surface area (Å²) in [5, 5.41) is 16.2. The zero-order valence-electron chi connectivity index (χ0n) is 12.9. The second-order valence-electron chi connectivity index (χ2n) is 5.21. The summed E-state index contributed by atoms with van der Waals surface area (Å²) < 4.78 is 14.9. The quantitative estimate of drug-likeness (QED) is 0.772. The normalized spacial score (nSPS) is 10.6. The Kier molecular flexibility index (Phi) is 4.35. The van der Waals surface area contributed by atoms with Crippen molar-refractivity contribution in [3.05, 3.63) is 71.6 Å². The maximum absolute atomic E-state index is 13.4. The molecule has 3 rings (SSSR count). The van der Waals surface area contributed by atoms with E-state index in [1.54, 1.807) is 31.2 Å². The average molecular weight is 326 g/mol. The first-order valence-electron chi connectivity index (χ1n) is 7.26. The summed E-state index contributed by atoms with van der Waals surface area (Å²) >= 11 is 0. The third-order valence-electron chi connectivity index (χ3n) is 3.50. The highest BCUT2D eigenvalue weighted by Gasteiger charge is 2.15. The maximum Gasteiger partial charge on any atom is 0.276 e. The van der Waals surface area contributed by atoms with Gasteiger partial charge in [0, 0.05) is 17.5 Å². The smallest absolute Gasteiger partial charge is 0.276 e. The molecular formula is C17H15FN4O2. The van der Waals surface area contributed by atoms with E-state index in [0.29, 0.717) is 22.6 Å². The molecule has 0 atom stereocenters. The van der Waals surface area contributed by atoms with Crippen molar-refractivity contribution in [2.45, 2.75) is 13.5 Å². The number of amides is 1. The Morgan fingerprint density at radius 1 is 1.33 bits per heavy atom. The molecule has 0 spiro atoms. The van der Waals surface area contributed by atoms with Gasteiger partial charge in [0.25, 0.3) is 5.91 Å². The lowest BCUT2D eigenvalue weighted by Gasteiger charge is -2.07. The van der Waals surface area contributed by atoms with Crippen LogP contribution in [0.2, 0.25) is 0 Å². The highest BCUT2D eigenvalue weighted by atomic mass is 19.1. The van der Waals surface area contributed by atoms with Crippen molar-refractivity contribution in [3.8, 4) is 5.69 Å². The van der Waals surface area contributed by atoms with E-state index in [0.717, 1.165) is 0 Å². The third-order valence-corrected chi connectivity index (χ3v) is 3.50. The van der Waals surface area contributed by atoms with Crippen LogP contribution in [0.1, 0.15) is 21.7 Å². The predicted octanol–water partition coefficient (Wildman–Crippen LogP) is 2.46. The molecule has 0 aliphatic rings. The molecule has 1 aromatic carbocycles. The largest absolute Gasteiger partial charge is 0.392 e. The van der Waals surface area contributed by atoms with Crippen molar-refractivity contribution < 1.29 is 14.3 Å². The van der Waals surface area contributed by atoms with E-state index >= 15 is 0 Å². The van der Waals surface area contributed by atoms with E-state index in [4.69, 9.17) is 0 Å². The van der Waals surface area contributed by atoms with Crippen LogP contribution in [0.4, 0.5) is 10.1 Å². The van der Waals surface area contributed by atoms with Crippen molar-refractivity contribution in [2.75, 3.05) is 5.32 Å². The second-order valence-corrected chi connectivity index (χ2v) is 5.21. The molecule has 2 N–H and O–H groups in total. The van der Waals surface area contributed by atoms with Gasteiger partial charge in [0.2, 0.25) is 0 Å². The minimum Gasteiger partial charge on any atom is -0.392 e. The molecule has 7 heteroatoms. The van der Waals surface area contributed by atoms with Crippen LogP contribution in [-0.2, 0) is 6.61 Å². The fourth-order valence-corrected chi connectivity index (χ4v) is 2.31. The van der Waals surface area contributed by atoms with Gasteiger partial charge in [-0.2, -0.15) is 5.10 Å². The van der Waals surface area contributed by atoms with Crippen LogP contribution in [0.3, 0.4) is 0 Å². The number of aryl methyl sites for hydroxylation is 1. The lowest BCUT2D eigenvalue weighted by atomic mass is 10.2. The number of aromatic nitrogens is 3. The van der Waals surface area contributed by atoms with Gasteiger partial charge in [-0.15, -0.1) is 0 Å². The Hall–Kier alpha value is -3.06. The number of benzene rings is 1. The van der Waals surface area contributed by atoms with E-state index in [1.165, 1.54) is 29.2 Å². The summed E-state index contributed by atoms with van der Waals surface area (Å²) in [5.41, 5.74) is 2.38. The lowest BCUT2D eigenvalue weighted by Crippen LogP contribution is -2.14. The van der Waals surface area contributed by atoms with E-state index < -0.39 is 5.91 Å². The van der Waals surface area contributed by atoms with E-state index in [-0.39, 0.29) is 18.1 Å². The summed E-state index contributed by atoms with van der Waals surface area (Å²) in [6.07, 6.45) is 2.99. The molecule has 1 amide bonds. The number of nitrogens with zero attached hydrogens (tertiary/aromatic N) is 3. The molecule has 2 heterocycles. The molecule has 0 radical (unpaired) electrons. The number of aliphatic hydroxyl groups excluding tert-OH is 1. The Balaban J connectivity index is 1.88. The SMILES string of the molecule is Cc1cc(C(=O)Nc2cnccc2CO)nn1-c1cccc(F)c1. The Morgan fingerprint density at radius 3 is 2.92 bits per heavy atom. The minimum atomic E-state index is -0.434. The van der Waals surface area contributed by atoms with E-state index in [9.17, 15) is 14.3 Å². The number of carbonyl (C=O) groups is 1. The van der Waals surface area contributed by atoms with E-state index in [1.807, 2.05) is 0 Å². The zero-order valence-corrected chi connectivity index (χ0v) is 12.9. The molecule has 0 fully saturated rings. The molecule has 6 nitrogen and oxygen atoms in total. The van der Waals surface area contributed by atoms with E-state index in [2.05, 4.69) is 15.4 Å². The molecule has 0 saturated heterocycles. The molecule has 0 saturated carbocycles. The van der Waals surface area contributed by atoms with Crippen molar-refractivity contribution in [1.29, 1.82) is 0 Å². The highest BCUT2D eigenvalue weighted by molar-refractivity contribution is 6.03. The minimum absolute atomic E-state index is 0.185. The zero-order chi connectivity index (χ0) is 17.1. The van der Waals surface area contributed by atoms with Crippen LogP contribution in [0.15, 0.2) is 48.8 Å². The Labute approximate surface area is 137 Å². The molecule has 0 unspecified atom stereocenters. The molecule has 0 aliphatic heterocycles. The number of hydrogen-bond acceptors (Lipinski definition) is 4. The number of aliphatic hydroxyl groups is 1. The second kappa shape index (κ2) is 6.59. The van der Waals surface area contributed by atoms with Gasteiger partial charge in [-0.25, -0.2) is 9.07 Å². The Bertz CT molecular complexity index is 892. The van der Waals surface area contributed by atoms with Crippen molar-refractivity contribution in [1.82, 2.24) is 14.8 Å². The molecule has 2 aromatic heterocycles. The number of halogens is 1. The molecule has 0 bridgehead atoms. The first-order valence-corrected chi connectivity index (χ1v) is 7.26. The maximum atomic E-state index is 13.4. The molecule has 24 heavy (non-hydrogen) atoms. The third kappa shape index (κ3) is 3.16. The molecule has 122 valence electrons. The van der Waals surface area contributed by atoms with Crippen LogP contribution >= 0.6 is 0 Å². The van der Waals surface area contributed by atoms with Gasteiger partial charge < -0.3 is 10.4 Å². The van der Waals surface area contributed by atoms with Gasteiger partial charge in [0.1, 0.15) is 5.82 Å². The monoisotopic (exact) mass is 326 g/mol.